The maximum Gasteiger partial charge on any atom is 0.118 e. The number of aromatic nitrogens is 2. The lowest BCUT2D eigenvalue weighted by atomic mass is 10.1. The van der Waals surface area contributed by atoms with Crippen LogP contribution in [-0.4, -0.2) is 36.5 Å². The summed E-state index contributed by atoms with van der Waals surface area (Å²) in [4.78, 5) is 0. The van der Waals surface area contributed by atoms with E-state index in [4.69, 9.17) is 4.74 Å². The lowest BCUT2D eigenvalue weighted by Crippen LogP contribution is -2.19. The van der Waals surface area contributed by atoms with Gasteiger partial charge in [-0.1, -0.05) is 6.92 Å². The summed E-state index contributed by atoms with van der Waals surface area (Å²) >= 11 is 1.74. The van der Waals surface area contributed by atoms with E-state index in [1.807, 2.05) is 0 Å². The maximum atomic E-state index is 5.13. The number of ether oxygens (including phenoxy) is 1. The molecule has 1 heterocycles. The van der Waals surface area contributed by atoms with Crippen LogP contribution in [0.5, 0.6) is 0 Å². The van der Waals surface area contributed by atoms with Gasteiger partial charge in [0.1, 0.15) is 10.0 Å². The highest BCUT2D eigenvalue weighted by Gasteiger charge is 2.19. The Hall–Kier alpha value is -0.520. The average molecular weight is 255 g/mol. The van der Waals surface area contributed by atoms with Gasteiger partial charge in [-0.3, -0.25) is 0 Å². The van der Waals surface area contributed by atoms with Gasteiger partial charge in [-0.2, -0.15) is 0 Å². The Labute approximate surface area is 107 Å². The van der Waals surface area contributed by atoms with Crippen molar-refractivity contribution in [3.8, 4) is 0 Å². The molecule has 4 nitrogen and oxygen atoms in total. The van der Waals surface area contributed by atoms with Gasteiger partial charge in [-0.15, -0.1) is 21.5 Å². The molecule has 0 spiro atoms. The molecule has 0 amide bonds. The monoisotopic (exact) mass is 255 g/mol. The van der Waals surface area contributed by atoms with Crippen LogP contribution in [0.4, 0.5) is 0 Å². The van der Waals surface area contributed by atoms with Gasteiger partial charge in [0.05, 0.1) is 0 Å². The Balaban J connectivity index is 1.70. The van der Waals surface area contributed by atoms with Crippen LogP contribution in [0.3, 0.4) is 0 Å². The van der Waals surface area contributed by atoms with Gasteiger partial charge in [-0.05, 0) is 18.8 Å². The van der Waals surface area contributed by atoms with E-state index in [-0.39, 0.29) is 0 Å². The largest absolute Gasteiger partial charge is 0.384 e. The summed E-state index contributed by atoms with van der Waals surface area (Å²) in [6.45, 7) is 4.00. The zero-order chi connectivity index (χ0) is 12.1. The molecule has 1 aliphatic carbocycles. The molecule has 5 heteroatoms. The second-order valence-electron chi connectivity index (χ2n) is 4.83. The van der Waals surface area contributed by atoms with Crippen LogP contribution in [0.15, 0.2) is 0 Å². The lowest BCUT2D eigenvalue weighted by Gasteiger charge is -2.06. The smallest absolute Gasteiger partial charge is 0.118 e. The second kappa shape index (κ2) is 6.42. The van der Waals surface area contributed by atoms with Crippen LogP contribution in [0.1, 0.15) is 29.8 Å². The first-order valence-corrected chi connectivity index (χ1v) is 7.13. The quantitative estimate of drug-likeness (QED) is 0.767. The van der Waals surface area contributed by atoms with Crippen molar-refractivity contribution in [1.29, 1.82) is 0 Å². The van der Waals surface area contributed by atoms with Crippen LogP contribution in [0.2, 0.25) is 0 Å². The SMILES string of the molecule is COCC(C)Cc1nnc(CCNC2CC2)s1. The summed E-state index contributed by atoms with van der Waals surface area (Å²) < 4.78 is 5.13. The van der Waals surface area contributed by atoms with E-state index in [9.17, 15) is 0 Å². The first kappa shape index (κ1) is 12.9. The van der Waals surface area contributed by atoms with E-state index >= 15 is 0 Å². The van der Waals surface area contributed by atoms with Crippen molar-refractivity contribution in [3.63, 3.8) is 0 Å². The molecule has 1 saturated carbocycles. The summed E-state index contributed by atoms with van der Waals surface area (Å²) in [6.07, 6.45) is 4.67. The molecule has 0 saturated heterocycles. The molecule has 0 aliphatic heterocycles. The number of hydrogen-bond acceptors (Lipinski definition) is 5. The van der Waals surface area contributed by atoms with E-state index in [0.717, 1.165) is 42.1 Å². The molecular weight excluding hydrogens is 234 g/mol. The number of rotatable bonds is 8. The number of methoxy groups -OCH3 is 1. The molecule has 1 fully saturated rings. The van der Waals surface area contributed by atoms with Crippen LogP contribution in [-0.2, 0) is 17.6 Å². The van der Waals surface area contributed by atoms with Gasteiger partial charge in [0.15, 0.2) is 0 Å². The highest BCUT2D eigenvalue weighted by molar-refractivity contribution is 7.11. The molecular formula is C12H21N3OS. The van der Waals surface area contributed by atoms with E-state index in [1.165, 1.54) is 12.8 Å². The molecule has 2 rings (SSSR count). The lowest BCUT2D eigenvalue weighted by molar-refractivity contribution is 0.159. The summed E-state index contributed by atoms with van der Waals surface area (Å²) in [5.41, 5.74) is 0. The molecule has 1 atom stereocenters. The predicted octanol–water partition coefficient (Wildman–Crippen LogP) is 1.66. The zero-order valence-electron chi connectivity index (χ0n) is 10.6. The Bertz CT molecular complexity index is 338. The average Bonchev–Trinajstić information content (AvgIpc) is 3.00. The molecule has 1 aliphatic rings. The second-order valence-corrected chi connectivity index (χ2v) is 5.98. The van der Waals surface area contributed by atoms with Crippen LogP contribution < -0.4 is 5.32 Å². The predicted molar refractivity (Wildman–Crippen MR) is 69.4 cm³/mol. The third-order valence-electron chi connectivity index (χ3n) is 2.83. The molecule has 1 unspecified atom stereocenters. The fraction of sp³-hybridized carbons (Fsp3) is 0.833. The van der Waals surface area contributed by atoms with Crippen LogP contribution in [0, 0.1) is 5.92 Å². The summed E-state index contributed by atoms with van der Waals surface area (Å²) in [5, 5.41) is 14.3. The van der Waals surface area contributed by atoms with Gasteiger partial charge >= 0.3 is 0 Å². The minimum atomic E-state index is 0.519. The third kappa shape index (κ3) is 4.69. The van der Waals surface area contributed by atoms with Gasteiger partial charge in [0, 0.05) is 39.1 Å². The van der Waals surface area contributed by atoms with Crippen molar-refractivity contribution in [3.05, 3.63) is 10.0 Å². The van der Waals surface area contributed by atoms with Gasteiger partial charge in [0.25, 0.3) is 0 Å². The Morgan fingerprint density at radius 2 is 2.18 bits per heavy atom. The van der Waals surface area contributed by atoms with Crippen molar-refractivity contribution in [2.24, 2.45) is 5.92 Å². The first-order chi connectivity index (χ1) is 8.28. The van der Waals surface area contributed by atoms with Crippen LogP contribution in [0.25, 0.3) is 0 Å². The number of nitrogens with zero attached hydrogens (tertiary/aromatic N) is 2. The van der Waals surface area contributed by atoms with Gasteiger partial charge < -0.3 is 10.1 Å². The molecule has 0 aromatic carbocycles. The Morgan fingerprint density at radius 3 is 2.88 bits per heavy atom. The van der Waals surface area contributed by atoms with Crippen molar-refractivity contribution in [1.82, 2.24) is 15.5 Å². The molecule has 0 bridgehead atoms. The minimum absolute atomic E-state index is 0.519. The Morgan fingerprint density at radius 1 is 1.41 bits per heavy atom. The van der Waals surface area contributed by atoms with E-state index in [2.05, 4.69) is 22.4 Å². The molecule has 0 radical (unpaired) electrons. The van der Waals surface area contributed by atoms with Gasteiger partial charge in [-0.25, -0.2) is 0 Å². The number of nitrogens with one attached hydrogen (secondary N) is 1. The molecule has 1 N–H and O–H groups in total. The van der Waals surface area contributed by atoms with Crippen molar-refractivity contribution < 1.29 is 4.74 Å². The standard InChI is InChI=1S/C12H21N3OS/c1-9(8-16-2)7-12-15-14-11(17-12)5-6-13-10-3-4-10/h9-10,13H,3-8H2,1-2H3. The summed E-state index contributed by atoms with van der Waals surface area (Å²) in [5.74, 6) is 0.519. The molecule has 1 aromatic rings. The van der Waals surface area contributed by atoms with Crippen molar-refractivity contribution >= 4 is 11.3 Å². The molecule has 1 aromatic heterocycles. The van der Waals surface area contributed by atoms with Crippen molar-refractivity contribution in [2.75, 3.05) is 20.3 Å². The van der Waals surface area contributed by atoms with E-state index in [0.29, 0.717) is 5.92 Å². The van der Waals surface area contributed by atoms with Crippen LogP contribution >= 0.6 is 11.3 Å². The zero-order valence-corrected chi connectivity index (χ0v) is 11.4. The molecule has 96 valence electrons. The number of hydrogen-bond donors (Lipinski definition) is 1. The topological polar surface area (TPSA) is 47.0 Å². The summed E-state index contributed by atoms with van der Waals surface area (Å²) in [6, 6.07) is 0.782. The highest BCUT2D eigenvalue weighted by atomic mass is 32.1. The normalized spacial score (nSPS) is 17.3. The van der Waals surface area contributed by atoms with E-state index in [1.54, 1.807) is 18.4 Å². The fourth-order valence-corrected chi connectivity index (χ4v) is 2.79. The molecule has 17 heavy (non-hydrogen) atoms. The minimum Gasteiger partial charge on any atom is -0.384 e. The third-order valence-corrected chi connectivity index (χ3v) is 3.84. The summed E-state index contributed by atoms with van der Waals surface area (Å²) in [7, 11) is 1.74. The first-order valence-electron chi connectivity index (χ1n) is 6.31. The van der Waals surface area contributed by atoms with Gasteiger partial charge in [0.2, 0.25) is 0 Å². The maximum absolute atomic E-state index is 5.13. The van der Waals surface area contributed by atoms with E-state index < -0.39 is 0 Å². The Kier molecular flexibility index (Phi) is 4.88. The highest BCUT2D eigenvalue weighted by Crippen LogP contribution is 2.19. The fourth-order valence-electron chi connectivity index (χ4n) is 1.78. The van der Waals surface area contributed by atoms with Crippen molar-refractivity contribution in [2.45, 2.75) is 38.6 Å².